The Balaban J connectivity index is 0.00000288. The largest absolute Gasteiger partial charge is 0.406 e. The van der Waals surface area contributed by atoms with E-state index in [0.29, 0.717) is 18.9 Å². The van der Waals surface area contributed by atoms with Gasteiger partial charge in [0, 0.05) is 6.54 Å². The SMILES string of the molecule is Cc1ccc(CCN(CC(F)(F)F)C(=O)CNCC2CC2)cc1.Cl. The van der Waals surface area contributed by atoms with Crippen molar-refractivity contribution in [1.29, 1.82) is 0 Å². The zero-order valence-electron chi connectivity index (χ0n) is 13.7. The second kappa shape index (κ2) is 9.28. The number of alkyl halides is 3. The Morgan fingerprint density at radius 1 is 1.25 bits per heavy atom. The van der Waals surface area contributed by atoms with Crippen molar-refractivity contribution in [1.82, 2.24) is 10.2 Å². The predicted octanol–water partition coefficient (Wildman–Crippen LogP) is 3.35. The molecule has 1 aliphatic rings. The van der Waals surface area contributed by atoms with E-state index in [9.17, 15) is 18.0 Å². The molecule has 136 valence electrons. The lowest BCUT2D eigenvalue weighted by Crippen LogP contribution is -2.44. The average molecular weight is 365 g/mol. The third kappa shape index (κ3) is 8.02. The molecule has 1 fully saturated rings. The first-order chi connectivity index (χ1) is 10.8. The lowest BCUT2D eigenvalue weighted by molar-refractivity contribution is -0.160. The van der Waals surface area contributed by atoms with Crippen LogP contribution in [0.3, 0.4) is 0 Å². The van der Waals surface area contributed by atoms with E-state index in [1.54, 1.807) is 0 Å². The summed E-state index contributed by atoms with van der Waals surface area (Å²) in [6.45, 7) is 1.52. The van der Waals surface area contributed by atoms with Crippen molar-refractivity contribution in [3.05, 3.63) is 35.4 Å². The van der Waals surface area contributed by atoms with E-state index < -0.39 is 18.6 Å². The van der Waals surface area contributed by atoms with Crippen molar-refractivity contribution >= 4 is 18.3 Å². The Morgan fingerprint density at radius 2 is 1.88 bits per heavy atom. The quantitative estimate of drug-likeness (QED) is 0.767. The van der Waals surface area contributed by atoms with Crippen LogP contribution < -0.4 is 5.32 Å². The van der Waals surface area contributed by atoms with Crippen LogP contribution in [0.2, 0.25) is 0 Å². The second-order valence-electron chi connectivity index (χ2n) is 6.24. The molecule has 0 unspecified atom stereocenters. The Hall–Kier alpha value is -1.27. The zero-order chi connectivity index (χ0) is 16.9. The van der Waals surface area contributed by atoms with Gasteiger partial charge < -0.3 is 10.2 Å². The lowest BCUT2D eigenvalue weighted by Gasteiger charge is -2.24. The fourth-order valence-electron chi connectivity index (χ4n) is 2.34. The first-order valence-corrected chi connectivity index (χ1v) is 7.94. The van der Waals surface area contributed by atoms with Gasteiger partial charge in [-0.1, -0.05) is 29.8 Å². The summed E-state index contributed by atoms with van der Waals surface area (Å²) >= 11 is 0. The van der Waals surface area contributed by atoms with E-state index in [4.69, 9.17) is 0 Å². The van der Waals surface area contributed by atoms with Crippen molar-refractivity contribution in [2.45, 2.75) is 32.4 Å². The standard InChI is InChI=1S/C17H23F3N2O.ClH/c1-13-2-4-14(5-3-13)8-9-22(12-17(18,19)20)16(23)11-21-10-15-6-7-15;/h2-5,15,21H,6-12H2,1H3;1H. The molecule has 1 aromatic rings. The fourth-order valence-corrected chi connectivity index (χ4v) is 2.34. The van der Waals surface area contributed by atoms with E-state index in [2.05, 4.69) is 5.32 Å². The molecule has 0 saturated heterocycles. The van der Waals surface area contributed by atoms with Crippen molar-refractivity contribution in [2.24, 2.45) is 5.92 Å². The zero-order valence-corrected chi connectivity index (χ0v) is 14.6. The summed E-state index contributed by atoms with van der Waals surface area (Å²) in [5, 5.41) is 2.96. The molecule has 1 amide bonds. The van der Waals surface area contributed by atoms with Gasteiger partial charge in [0.2, 0.25) is 5.91 Å². The van der Waals surface area contributed by atoms with Gasteiger partial charge in [0.1, 0.15) is 6.54 Å². The lowest BCUT2D eigenvalue weighted by atomic mass is 10.1. The number of hydrogen-bond donors (Lipinski definition) is 1. The summed E-state index contributed by atoms with van der Waals surface area (Å²) in [5.41, 5.74) is 2.03. The highest BCUT2D eigenvalue weighted by molar-refractivity contribution is 5.85. The number of hydrogen-bond acceptors (Lipinski definition) is 2. The van der Waals surface area contributed by atoms with Gasteiger partial charge in [-0.3, -0.25) is 4.79 Å². The van der Waals surface area contributed by atoms with Crippen LogP contribution in [0.15, 0.2) is 24.3 Å². The van der Waals surface area contributed by atoms with Crippen molar-refractivity contribution in [3.8, 4) is 0 Å². The minimum Gasteiger partial charge on any atom is -0.332 e. The number of aryl methyl sites for hydroxylation is 1. The van der Waals surface area contributed by atoms with Crippen LogP contribution in [-0.4, -0.2) is 43.2 Å². The number of nitrogens with one attached hydrogen (secondary N) is 1. The molecule has 0 heterocycles. The predicted molar refractivity (Wildman–Crippen MR) is 90.4 cm³/mol. The van der Waals surface area contributed by atoms with Crippen LogP contribution in [0.4, 0.5) is 13.2 Å². The number of carbonyl (C=O) groups is 1. The number of rotatable bonds is 8. The molecule has 2 rings (SSSR count). The van der Waals surface area contributed by atoms with Gasteiger partial charge >= 0.3 is 6.18 Å². The molecular formula is C17H24ClF3N2O. The number of amides is 1. The molecule has 0 radical (unpaired) electrons. The Labute approximate surface area is 147 Å². The third-order valence-corrected chi connectivity index (χ3v) is 3.92. The maximum absolute atomic E-state index is 12.7. The van der Waals surface area contributed by atoms with E-state index in [1.165, 1.54) is 0 Å². The summed E-state index contributed by atoms with van der Waals surface area (Å²) in [6.07, 6.45) is -1.67. The Bertz CT molecular complexity index is 516. The van der Waals surface area contributed by atoms with Crippen molar-refractivity contribution in [3.63, 3.8) is 0 Å². The number of halogens is 4. The van der Waals surface area contributed by atoms with Crippen LogP contribution in [0.1, 0.15) is 24.0 Å². The first-order valence-electron chi connectivity index (χ1n) is 7.94. The summed E-state index contributed by atoms with van der Waals surface area (Å²) in [5.74, 6) is 0.0986. The third-order valence-electron chi connectivity index (χ3n) is 3.92. The molecule has 1 aliphatic carbocycles. The van der Waals surface area contributed by atoms with Gasteiger partial charge in [0.15, 0.2) is 0 Å². The average Bonchev–Trinajstić information content (AvgIpc) is 3.28. The smallest absolute Gasteiger partial charge is 0.332 e. The van der Waals surface area contributed by atoms with E-state index in [1.807, 2.05) is 31.2 Å². The molecular weight excluding hydrogens is 341 g/mol. The van der Waals surface area contributed by atoms with E-state index in [0.717, 1.165) is 28.9 Å². The molecule has 3 nitrogen and oxygen atoms in total. The first kappa shape index (κ1) is 20.8. The maximum atomic E-state index is 12.7. The van der Waals surface area contributed by atoms with E-state index in [-0.39, 0.29) is 25.5 Å². The molecule has 7 heteroatoms. The molecule has 1 aromatic carbocycles. The topological polar surface area (TPSA) is 32.3 Å². The second-order valence-corrected chi connectivity index (χ2v) is 6.24. The van der Waals surface area contributed by atoms with Crippen molar-refractivity contribution in [2.75, 3.05) is 26.2 Å². The van der Waals surface area contributed by atoms with Crippen LogP contribution in [-0.2, 0) is 11.2 Å². The Morgan fingerprint density at radius 3 is 2.42 bits per heavy atom. The highest BCUT2D eigenvalue weighted by Crippen LogP contribution is 2.27. The number of carbonyl (C=O) groups excluding carboxylic acids is 1. The van der Waals surface area contributed by atoms with Crippen molar-refractivity contribution < 1.29 is 18.0 Å². The number of benzene rings is 1. The molecule has 1 saturated carbocycles. The summed E-state index contributed by atoms with van der Waals surface area (Å²) < 4.78 is 38.1. The summed E-state index contributed by atoms with van der Waals surface area (Å²) in [7, 11) is 0. The fraction of sp³-hybridized carbons (Fsp3) is 0.588. The molecule has 0 atom stereocenters. The highest BCUT2D eigenvalue weighted by atomic mass is 35.5. The van der Waals surface area contributed by atoms with Crippen LogP contribution >= 0.6 is 12.4 Å². The molecule has 1 N–H and O–H groups in total. The van der Waals surface area contributed by atoms with Gasteiger partial charge in [0.25, 0.3) is 0 Å². The highest BCUT2D eigenvalue weighted by Gasteiger charge is 2.32. The van der Waals surface area contributed by atoms with Gasteiger partial charge in [-0.15, -0.1) is 12.4 Å². The van der Waals surface area contributed by atoms with Gasteiger partial charge in [-0.2, -0.15) is 13.2 Å². The number of nitrogens with zero attached hydrogens (tertiary/aromatic N) is 1. The minimum atomic E-state index is -4.38. The molecule has 0 spiro atoms. The summed E-state index contributed by atoms with van der Waals surface area (Å²) in [6, 6.07) is 7.61. The molecule has 0 bridgehead atoms. The van der Waals surface area contributed by atoms with E-state index >= 15 is 0 Å². The van der Waals surface area contributed by atoms with Gasteiger partial charge in [-0.05, 0) is 44.2 Å². The Kier molecular flexibility index (Phi) is 8.03. The molecule has 0 aromatic heterocycles. The van der Waals surface area contributed by atoms with Crippen LogP contribution in [0, 0.1) is 12.8 Å². The normalized spacial score (nSPS) is 14.2. The van der Waals surface area contributed by atoms with Crippen LogP contribution in [0.5, 0.6) is 0 Å². The minimum absolute atomic E-state index is 0. The summed E-state index contributed by atoms with van der Waals surface area (Å²) in [4.78, 5) is 13.0. The monoisotopic (exact) mass is 364 g/mol. The molecule has 24 heavy (non-hydrogen) atoms. The molecule has 0 aliphatic heterocycles. The van der Waals surface area contributed by atoms with Crippen LogP contribution in [0.25, 0.3) is 0 Å². The van der Waals surface area contributed by atoms with Gasteiger partial charge in [-0.25, -0.2) is 0 Å². The van der Waals surface area contributed by atoms with Gasteiger partial charge in [0.05, 0.1) is 6.54 Å². The maximum Gasteiger partial charge on any atom is 0.406 e.